The van der Waals surface area contributed by atoms with E-state index in [0.717, 1.165) is 19.6 Å². The number of carbonyl (C=O) groups excluding carboxylic acids is 1. The van der Waals surface area contributed by atoms with Gasteiger partial charge in [-0.05, 0) is 29.0 Å². The zero-order valence-electron chi connectivity index (χ0n) is 14.7. The first-order chi connectivity index (χ1) is 13.0. The van der Waals surface area contributed by atoms with Gasteiger partial charge in [-0.3, -0.25) is 4.79 Å². The van der Waals surface area contributed by atoms with Crippen molar-refractivity contribution in [2.75, 3.05) is 32.7 Å². The molecule has 1 aliphatic rings. The van der Waals surface area contributed by atoms with Crippen LogP contribution in [0.2, 0.25) is 0 Å². The molecular weight excluding hydrogens is 384 g/mol. The third kappa shape index (κ3) is 4.93. The van der Waals surface area contributed by atoms with Gasteiger partial charge in [-0.15, -0.1) is 0 Å². The monoisotopic (exact) mass is 405 g/mol. The molecule has 1 saturated heterocycles. The molecule has 7 nitrogen and oxygen atoms in total. The Labute approximate surface area is 162 Å². The Morgan fingerprint density at radius 1 is 1.26 bits per heavy atom. The summed E-state index contributed by atoms with van der Waals surface area (Å²) in [7, 11) is -3.91. The van der Waals surface area contributed by atoms with E-state index in [2.05, 4.69) is 21.5 Å². The molecule has 0 aliphatic carbocycles. The number of nitrogens with zero attached hydrogens (tertiary/aromatic N) is 2. The van der Waals surface area contributed by atoms with E-state index in [9.17, 15) is 13.2 Å². The smallest absolute Gasteiger partial charge is 0.242 e. The van der Waals surface area contributed by atoms with E-state index in [1.165, 1.54) is 22.6 Å². The maximum atomic E-state index is 12.4. The minimum Gasteiger partial charge on any atom is -0.330 e. The van der Waals surface area contributed by atoms with E-state index >= 15 is 0 Å². The molecule has 2 N–H and O–H groups in total. The van der Waals surface area contributed by atoms with Crippen molar-refractivity contribution in [2.45, 2.75) is 11.4 Å². The molecule has 3 rings (SSSR count). The molecule has 1 fully saturated rings. The third-order valence-corrected chi connectivity index (χ3v) is 6.76. The van der Waals surface area contributed by atoms with Crippen LogP contribution in [-0.4, -0.2) is 51.9 Å². The first-order valence-corrected chi connectivity index (χ1v) is 11.0. The summed E-state index contributed by atoms with van der Waals surface area (Å²) in [6, 6.07) is 9.91. The number of thiophene rings is 1. The highest BCUT2D eigenvalue weighted by Gasteiger charge is 2.25. The van der Waals surface area contributed by atoms with Crippen molar-refractivity contribution in [3.63, 3.8) is 0 Å². The average Bonchev–Trinajstić information content (AvgIpc) is 3.20. The number of nitrogens with one attached hydrogen (secondary N) is 2. The maximum absolute atomic E-state index is 12.4. The van der Waals surface area contributed by atoms with Gasteiger partial charge in [0.1, 0.15) is 12.6 Å². The molecule has 142 valence electrons. The quantitative estimate of drug-likeness (QED) is 0.697. The second kappa shape index (κ2) is 8.63. The molecule has 1 aromatic carbocycles. The lowest BCUT2D eigenvalue weighted by atomic mass is 10.2. The molecule has 1 amide bonds. The molecular formula is C18H21N4O3S2+. The lowest BCUT2D eigenvalue weighted by Gasteiger charge is -2.32. The first-order valence-electron chi connectivity index (χ1n) is 8.61. The van der Waals surface area contributed by atoms with Crippen LogP contribution in [0.15, 0.2) is 46.0 Å². The van der Waals surface area contributed by atoms with Crippen molar-refractivity contribution < 1.29 is 18.1 Å². The number of hydrogen-bond acceptors (Lipinski definition) is 5. The highest BCUT2D eigenvalue weighted by atomic mass is 32.2. The summed E-state index contributed by atoms with van der Waals surface area (Å²) in [6.45, 7) is 3.53. The van der Waals surface area contributed by atoms with Crippen molar-refractivity contribution >= 4 is 27.3 Å². The summed E-state index contributed by atoms with van der Waals surface area (Å²) in [5.41, 5.74) is 1.36. The highest BCUT2D eigenvalue weighted by Crippen LogP contribution is 2.13. The van der Waals surface area contributed by atoms with E-state index in [-0.39, 0.29) is 22.9 Å². The van der Waals surface area contributed by atoms with Gasteiger partial charge in [0.2, 0.25) is 15.9 Å². The maximum Gasteiger partial charge on any atom is 0.242 e. The van der Waals surface area contributed by atoms with E-state index < -0.39 is 10.0 Å². The van der Waals surface area contributed by atoms with E-state index in [1.54, 1.807) is 28.4 Å². The van der Waals surface area contributed by atoms with E-state index in [0.29, 0.717) is 13.1 Å². The van der Waals surface area contributed by atoms with Crippen molar-refractivity contribution in [2.24, 2.45) is 0 Å². The zero-order valence-corrected chi connectivity index (χ0v) is 16.4. The van der Waals surface area contributed by atoms with Crippen LogP contribution in [0.4, 0.5) is 0 Å². The number of hydrogen-bond donors (Lipinski definition) is 2. The number of carbonyl (C=O) groups is 1. The molecule has 2 aromatic rings. The fourth-order valence-electron chi connectivity index (χ4n) is 3.07. The SMILES string of the molecule is N#Cc1ccccc1S(=O)(=O)NCC(=O)N1CC[NH+](Cc2ccsc2)CC1. The molecule has 0 spiro atoms. The molecule has 0 unspecified atom stereocenters. The molecule has 9 heteroatoms. The summed E-state index contributed by atoms with van der Waals surface area (Å²) in [6.07, 6.45) is 0. The highest BCUT2D eigenvalue weighted by molar-refractivity contribution is 7.89. The van der Waals surface area contributed by atoms with Gasteiger partial charge in [0.15, 0.2) is 0 Å². The average molecular weight is 406 g/mol. The molecule has 0 radical (unpaired) electrons. The number of quaternary nitrogens is 1. The van der Waals surface area contributed by atoms with Crippen molar-refractivity contribution in [3.05, 3.63) is 52.2 Å². The normalized spacial score (nSPS) is 15.4. The number of sulfonamides is 1. The lowest BCUT2D eigenvalue weighted by Crippen LogP contribution is -3.13. The van der Waals surface area contributed by atoms with Gasteiger partial charge in [-0.2, -0.15) is 16.6 Å². The van der Waals surface area contributed by atoms with Crippen LogP contribution in [0.3, 0.4) is 0 Å². The Hall–Kier alpha value is -2.25. The predicted molar refractivity (Wildman–Crippen MR) is 102 cm³/mol. The minimum absolute atomic E-state index is 0.0584. The van der Waals surface area contributed by atoms with Crippen LogP contribution in [0.5, 0.6) is 0 Å². The fraction of sp³-hybridized carbons (Fsp3) is 0.333. The van der Waals surface area contributed by atoms with Crippen LogP contribution in [0, 0.1) is 11.3 Å². The van der Waals surface area contributed by atoms with Gasteiger partial charge in [-0.1, -0.05) is 12.1 Å². The van der Waals surface area contributed by atoms with Gasteiger partial charge in [0.25, 0.3) is 0 Å². The molecule has 0 atom stereocenters. The van der Waals surface area contributed by atoms with E-state index in [1.807, 2.05) is 6.07 Å². The summed E-state index contributed by atoms with van der Waals surface area (Å²) < 4.78 is 27.1. The van der Waals surface area contributed by atoms with Crippen LogP contribution >= 0.6 is 11.3 Å². The molecule has 27 heavy (non-hydrogen) atoms. The van der Waals surface area contributed by atoms with Crippen LogP contribution in [-0.2, 0) is 21.4 Å². The number of benzene rings is 1. The topological polar surface area (TPSA) is 94.7 Å². The minimum atomic E-state index is -3.91. The van der Waals surface area contributed by atoms with Crippen LogP contribution in [0.1, 0.15) is 11.1 Å². The molecule has 0 bridgehead atoms. The number of rotatable bonds is 6. The molecule has 1 aromatic heterocycles. The summed E-state index contributed by atoms with van der Waals surface area (Å²) in [5, 5.41) is 13.3. The summed E-state index contributed by atoms with van der Waals surface area (Å²) in [4.78, 5) is 15.4. The Morgan fingerprint density at radius 2 is 2.00 bits per heavy atom. The second-order valence-electron chi connectivity index (χ2n) is 6.37. The largest absolute Gasteiger partial charge is 0.330 e. The molecule has 2 heterocycles. The summed E-state index contributed by atoms with van der Waals surface area (Å²) >= 11 is 1.68. The number of nitriles is 1. The standard InChI is InChI=1S/C18H20N4O3S2/c19-11-16-3-1-2-4-17(16)27(24,25)20-12-18(23)22-8-6-21(7-9-22)13-15-5-10-26-14-15/h1-5,10,14,20H,6-9,12-13H2/p+1. The predicted octanol–water partition coefficient (Wildman–Crippen LogP) is -0.175. The first kappa shape index (κ1) is 19.5. The van der Waals surface area contributed by atoms with Crippen LogP contribution in [0.25, 0.3) is 0 Å². The molecule has 0 saturated carbocycles. The van der Waals surface area contributed by atoms with Crippen molar-refractivity contribution in [1.82, 2.24) is 9.62 Å². The number of amides is 1. The Balaban J connectivity index is 1.52. The fourth-order valence-corrected chi connectivity index (χ4v) is 4.87. The zero-order chi connectivity index (χ0) is 19.3. The second-order valence-corrected chi connectivity index (χ2v) is 8.89. The van der Waals surface area contributed by atoms with Gasteiger partial charge in [0, 0.05) is 5.56 Å². The number of piperazine rings is 1. The third-order valence-electron chi connectivity index (χ3n) is 4.57. The van der Waals surface area contributed by atoms with Gasteiger partial charge in [0.05, 0.1) is 43.2 Å². The Morgan fingerprint density at radius 3 is 2.67 bits per heavy atom. The molecule has 1 aliphatic heterocycles. The van der Waals surface area contributed by atoms with Gasteiger partial charge >= 0.3 is 0 Å². The van der Waals surface area contributed by atoms with E-state index in [4.69, 9.17) is 5.26 Å². The van der Waals surface area contributed by atoms with Crippen molar-refractivity contribution in [3.8, 4) is 6.07 Å². The van der Waals surface area contributed by atoms with Gasteiger partial charge < -0.3 is 9.80 Å². The summed E-state index contributed by atoms with van der Waals surface area (Å²) in [5.74, 6) is -0.248. The van der Waals surface area contributed by atoms with Crippen molar-refractivity contribution in [1.29, 1.82) is 5.26 Å². The Kier molecular flexibility index (Phi) is 6.23. The van der Waals surface area contributed by atoms with Crippen LogP contribution < -0.4 is 9.62 Å². The lowest BCUT2D eigenvalue weighted by molar-refractivity contribution is -0.917. The van der Waals surface area contributed by atoms with Gasteiger partial charge in [-0.25, -0.2) is 13.1 Å². The Bertz CT molecular complexity index is 928.